The van der Waals surface area contributed by atoms with Crippen LogP contribution in [0.25, 0.3) is 0 Å². The first-order valence-electron chi connectivity index (χ1n) is 3.07. The number of carbonyl (C=O) groups is 1. The quantitative estimate of drug-likeness (QED) is 0.615. The Kier molecular flexibility index (Phi) is 1.76. The summed E-state index contributed by atoms with van der Waals surface area (Å²) in [5, 5.41) is 2.94. The van der Waals surface area contributed by atoms with Gasteiger partial charge in [-0.2, -0.15) is 0 Å². The molecule has 3 nitrogen and oxygen atoms in total. The predicted octanol–water partition coefficient (Wildman–Crippen LogP) is 0.879. The number of nitrogens with one attached hydrogen (secondary N) is 1. The summed E-state index contributed by atoms with van der Waals surface area (Å²) in [7, 11) is 3.66. The largest absolute Gasteiger partial charge is 0.387 e. The number of carbonyl (C=O) groups excluding carboxylic acids is 1. The van der Waals surface area contributed by atoms with Crippen LogP contribution in [0.5, 0.6) is 0 Å². The number of rotatable bonds is 2. The van der Waals surface area contributed by atoms with Crippen molar-refractivity contribution in [3.8, 4) is 0 Å². The smallest absolute Gasteiger partial charge is 0.166 e. The maximum atomic E-state index is 10.3. The van der Waals surface area contributed by atoms with Gasteiger partial charge in [-0.1, -0.05) is 0 Å². The van der Waals surface area contributed by atoms with Gasteiger partial charge < -0.3 is 9.88 Å². The lowest BCUT2D eigenvalue weighted by atomic mass is 10.4. The van der Waals surface area contributed by atoms with E-state index in [0.717, 1.165) is 12.0 Å². The van der Waals surface area contributed by atoms with Crippen molar-refractivity contribution in [2.24, 2.45) is 7.05 Å². The third-order valence-electron chi connectivity index (χ3n) is 1.45. The molecule has 0 unspecified atom stereocenters. The van der Waals surface area contributed by atoms with Crippen molar-refractivity contribution < 1.29 is 4.79 Å². The number of aryl methyl sites for hydroxylation is 1. The summed E-state index contributed by atoms with van der Waals surface area (Å²) in [6.45, 7) is 0. The first kappa shape index (κ1) is 6.86. The van der Waals surface area contributed by atoms with Gasteiger partial charge >= 0.3 is 0 Å². The molecule has 0 bridgehead atoms. The molecule has 10 heavy (non-hydrogen) atoms. The predicted molar refractivity (Wildman–Crippen MR) is 40.3 cm³/mol. The fourth-order valence-electron chi connectivity index (χ4n) is 0.835. The molecule has 3 heteroatoms. The van der Waals surface area contributed by atoms with Crippen molar-refractivity contribution in [3.63, 3.8) is 0 Å². The molecule has 0 aromatic carbocycles. The van der Waals surface area contributed by atoms with Crippen LogP contribution >= 0.6 is 0 Å². The highest BCUT2D eigenvalue weighted by Crippen LogP contribution is 2.08. The van der Waals surface area contributed by atoms with E-state index in [0.29, 0.717) is 5.69 Å². The van der Waals surface area contributed by atoms with Gasteiger partial charge in [0.05, 0.1) is 11.4 Å². The summed E-state index contributed by atoms with van der Waals surface area (Å²) in [6, 6.07) is 1.80. The molecule has 1 rings (SSSR count). The molecule has 0 saturated heterocycles. The van der Waals surface area contributed by atoms with Crippen LogP contribution in [0.15, 0.2) is 12.3 Å². The van der Waals surface area contributed by atoms with Gasteiger partial charge in [0, 0.05) is 20.3 Å². The minimum Gasteiger partial charge on any atom is -0.387 e. The highest BCUT2D eigenvalue weighted by Gasteiger charge is 1.97. The fraction of sp³-hybridized carbons (Fsp3) is 0.286. The van der Waals surface area contributed by atoms with Crippen molar-refractivity contribution in [1.29, 1.82) is 0 Å². The molecule has 0 aliphatic rings. The maximum Gasteiger partial charge on any atom is 0.166 e. The Morgan fingerprint density at radius 2 is 2.40 bits per heavy atom. The molecule has 0 spiro atoms. The highest BCUT2D eigenvalue weighted by atomic mass is 16.1. The van der Waals surface area contributed by atoms with E-state index in [1.54, 1.807) is 10.6 Å². The summed E-state index contributed by atoms with van der Waals surface area (Å²) in [5.74, 6) is 0. The normalized spacial score (nSPS) is 9.40. The molecule has 0 radical (unpaired) electrons. The van der Waals surface area contributed by atoms with E-state index in [1.807, 2.05) is 20.3 Å². The van der Waals surface area contributed by atoms with Gasteiger partial charge in [0.25, 0.3) is 0 Å². The molecule has 0 atom stereocenters. The molecule has 1 aromatic heterocycles. The van der Waals surface area contributed by atoms with Crippen LogP contribution in [0.4, 0.5) is 5.69 Å². The third kappa shape index (κ3) is 1.03. The number of aldehydes is 1. The van der Waals surface area contributed by atoms with Crippen LogP contribution in [0.2, 0.25) is 0 Å². The molecule has 1 heterocycles. The van der Waals surface area contributed by atoms with Gasteiger partial charge in [-0.05, 0) is 6.07 Å². The van der Waals surface area contributed by atoms with Crippen molar-refractivity contribution in [1.82, 2.24) is 4.57 Å². The average molecular weight is 138 g/mol. The Morgan fingerprint density at radius 1 is 1.70 bits per heavy atom. The zero-order valence-corrected chi connectivity index (χ0v) is 6.09. The molecule has 1 N–H and O–H groups in total. The first-order chi connectivity index (χ1) is 4.77. The Morgan fingerprint density at radius 3 is 2.70 bits per heavy atom. The van der Waals surface area contributed by atoms with Crippen LogP contribution < -0.4 is 5.32 Å². The lowest BCUT2D eigenvalue weighted by Gasteiger charge is -1.90. The minimum absolute atomic E-state index is 0.685. The van der Waals surface area contributed by atoms with Crippen molar-refractivity contribution in [3.05, 3.63) is 18.0 Å². The molecule has 0 aliphatic carbocycles. The number of aromatic nitrogens is 1. The zero-order chi connectivity index (χ0) is 7.56. The second-order valence-electron chi connectivity index (χ2n) is 2.13. The van der Waals surface area contributed by atoms with E-state index in [-0.39, 0.29) is 0 Å². The average Bonchev–Trinajstić information content (AvgIpc) is 2.30. The molecule has 1 aromatic rings. The van der Waals surface area contributed by atoms with Crippen molar-refractivity contribution in [2.45, 2.75) is 0 Å². The fourth-order valence-corrected chi connectivity index (χ4v) is 0.835. The van der Waals surface area contributed by atoms with Gasteiger partial charge in [0.2, 0.25) is 0 Å². The standard InChI is InChI=1S/C7H10N2O/c1-8-6-3-7(5-10)9(2)4-6/h3-5,8H,1-2H3. The topological polar surface area (TPSA) is 34.0 Å². The van der Waals surface area contributed by atoms with Crippen LogP contribution in [-0.4, -0.2) is 17.9 Å². The van der Waals surface area contributed by atoms with Crippen molar-refractivity contribution >= 4 is 12.0 Å². The van der Waals surface area contributed by atoms with Crippen LogP contribution in [0, 0.1) is 0 Å². The van der Waals surface area contributed by atoms with E-state index in [9.17, 15) is 4.79 Å². The Balaban J connectivity index is 3.03. The molecule has 0 amide bonds. The third-order valence-corrected chi connectivity index (χ3v) is 1.45. The number of anilines is 1. The van der Waals surface area contributed by atoms with Crippen LogP contribution in [-0.2, 0) is 7.05 Å². The van der Waals surface area contributed by atoms with Gasteiger partial charge in [-0.25, -0.2) is 0 Å². The second-order valence-corrected chi connectivity index (χ2v) is 2.13. The molecule has 0 saturated carbocycles. The Labute approximate surface area is 59.7 Å². The molecule has 0 aliphatic heterocycles. The first-order valence-corrected chi connectivity index (χ1v) is 3.07. The Bertz CT molecular complexity index is 240. The van der Waals surface area contributed by atoms with Crippen LogP contribution in [0.3, 0.4) is 0 Å². The van der Waals surface area contributed by atoms with E-state index < -0.39 is 0 Å². The zero-order valence-electron chi connectivity index (χ0n) is 6.09. The van der Waals surface area contributed by atoms with Gasteiger partial charge in [0.1, 0.15) is 0 Å². The molecule has 54 valence electrons. The summed E-state index contributed by atoms with van der Waals surface area (Å²) in [6.07, 6.45) is 2.70. The summed E-state index contributed by atoms with van der Waals surface area (Å²) >= 11 is 0. The maximum absolute atomic E-state index is 10.3. The number of hydrogen-bond donors (Lipinski definition) is 1. The number of hydrogen-bond acceptors (Lipinski definition) is 2. The Hall–Kier alpha value is -1.25. The molecule has 0 fully saturated rings. The van der Waals surface area contributed by atoms with E-state index >= 15 is 0 Å². The van der Waals surface area contributed by atoms with Gasteiger partial charge in [0.15, 0.2) is 6.29 Å². The van der Waals surface area contributed by atoms with Crippen LogP contribution in [0.1, 0.15) is 10.5 Å². The molecular weight excluding hydrogens is 128 g/mol. The van der Waals surface area contributed by atoms with Gasteiger partial charge in [-0.15, -0.1) is 0 Å². The lowest BCUT2D eigenvalue weighted by molar-refractivity contribution is 0.111. The van der Waals surface area contributed by atoms with E-state index in [4.69, 9.17) is 0 Å². The van der Waals surface area contributed by atoms with E-state index in [1.165, 1.54) is 0 Å². The summed E-state index contributed by atoms with van der Waals surface area (Å²) in [4.78, 5) is 10.3. The molecular formula is C7H10N2O. The van der Waals surface area contributed by atoms with Gasteiger partial charge in [-0.3, -0.25) is 4.79 Å². The second kappa shape index (κ2) is 2.56. The summed E-state index contributed by atoms with van der Waals surface area (Å²) in [5.41, 5.74) is 1.65. The monoisotopic (exact) mass is 138 g/mol. The summed E-state index contributed by atoms with van der Waals surface area (Å²) < 4.78 is 1.78. The van der Waals surface area contributed by atoms with Crippen molar-refractivity contribution in [2.75, 3.05) is 12.4 Å². The van der Waals surface area contributed by atoms with E-state index in [2.05, 4.69) is 5.32 Å². The SMILES string of the molecule is CNc1cc(C=O)n(C)c1. The lowest BCUT2D eigenvalue weighted by Crippen LogP contribution is -1.90. The highest BCUT2D eigenvalue weighted by molar-refractivity contribution is 5.75. The number of nitrogens with zero attached hydrogens (tertiary/aromatic N) is 1. The minimum atomic E-state index is 0.685.